The van der Waals surface area contributed by atoms with Crippen LogP contribution >= 0.6 is 23.1 Å². The normalized spacial score (nSPS) is 11.8. The predicted octanol–water partition coefficient (Wildman–Crippen LogP) is 2.35. The first-order chi connectivity index (χ1) is 13.0. The number of amides is 2. The summed E-state index contributed by atoms with van der Waals surface area (Å²) in [5.74, 6) is -0.453. The van der Waals surface area contributed by atoms with Crippen molar-refractivity contribution >= 4 is 51.1 Å². The molecule has 0 aliphatic carbocycles. The van der Waals surface area contributed by atoms with Crippen LogP contribution in [0.15, 0.2) is 28.6 Å². The van der Waals surface area contributed by atoms with Crippen LogP contribution in [-0.2, 0) is 19.1 Å². The minimum absolute atomic E-state index is 0.233. The summed E-state index contributed by atoms with van der Waals surface area (Å²) in [6.07, 6.45) is 0.868. The number of thiazole rings is 1. The molecule has 146 valence electrons. The number of esters is 1. The van der Waals surface area contributed by atoms with Crippen LogP contribution in [0.4, 0.5) is 0 Å². The molecule has 1 aromatic heterocycles. The molecule has 0 bridgehead atoms. The highest BCUT2D eigenvalue weighted by Crippen LogP contribution is 2.29. The Kier molecular flexibility index (Phi) is 8.53. The van der Waals surface area contributed by atoms with E-state index >= 15 is 0 Å². The summed E-state index contributed by atoms with van der Waals surface area (Å²) in [6, 6.07) is 7.29. The van der Waals surface area contributed by atoms with E-state index in [1.165, 1.54) is 0 Å². The van der Waals surface area contributed by atoms with Gasteiger partial charge in [-0.1, -0.05) is 23.9 Å². The van der Waals surface area contributed by atoms with Gasteiger partial charge in [0.1, 0.15) is 6.04 Å². The number of hydrogen-bond donors (Lipinski definition) is 2. The molecule has 1 heterocycles. The van der Waals surface area contributed by atoms with Crippen molar-refractivity contribution in [2.45, 2.75) is 37.1 Å². The number of aromatic nitrogens is 1. The van der Waals surface area contributed by atoms with Gasteiger partial charge in [0.05, 0.1) is 10.2 Å². The van der Waals surface area contributed by atoms with Crippen molar-refractivity contribution in [3.63, 3.8) is 0 Å². The topological polar surface area (TPSA) is 97.4 Å². The van der Waals surface area contributed by atoms with Crippen molar-refractivity contribution in [1.82, 2.24) is 15.6 Å². The summed E-state index contributed by atoms with van der Waals surface area (Å²) in [7, 11) is 0. The largest absolute Gasteiger partial charge is 0.456 e. The van der Waals surface area contributed by atoms with Crippen LogP contribution in [0.3, 0.4) is 0 Å². The summed E-state index contributed by atoms with van der Waals surface area (Å²) in [4.78, 5) is 39.5. The number of nitrogens with one attached hydrogen (secondary N) is 2. The molecular formula is C18H23N3O4S2. The molecule has 1 aromatic carbocycles. The van der Waals surface area contributed by atoms with Gasteiger partial charge in [0, 0.05) is 18.7 Å². The highest BCUT2D eigenvalue weighted by Gasteiger charge is 2.15. The van der Waals surface area contributed by atoms with Crippen molar-refractivity contribution in [2.75, 3.05) is 18.9 Å². The fraction of sp³-hybridized carbons (Fsp3) is 0.444. The molecule has 7 nitrogen and oxygen atoms in total. The monoisotopic (exact) mass is 409 g/mol. The van der Waals surface area contributed by atoms with Gasteiger partial charge < -0.3 is 15.4 Å². The molecule has 0 aliphatic rings. The number of fused-ring (bicyclic) bond motifs is 1. The summed E-state index contributed by atoms with van der Waals surface area (Å²) >= 11 is 3.24. The molecule has 2 amide bonds. The zero-order valence-electron chi connectivity index (χ0n) is 15.3. The van der Waals surface area contributed by atoms with Crippen LogP contribution in [0.2, 0.25) is 0 Å². The van der Waals surface area contributed by atoms with Gasteiger partial charge >= 0.3 is 5.97 Å². The molecule has 0 aliphatic heterocycles. The van der Waals surface area contributed by atoms with E-state index in [-0.39, 0.29) is 18.9 Å². The van der Waals surface area contributed by atoms with Crippen molar-refractivity contribution in [2.24, 2.45) is 0 Å². The Bertz CT molecular complexity index is 761. The standard InChI is InChI=1S/C18H23N3O4S2/c1-3-19-17(24)12(2)20-15(22)11-25-16(23)9-6-10-26-18-21-13-7-4-5-8-14(13)27-18/h4-5,7-8,12H,3,6,9-11H2,1-2H3,(H,19,24)(H,20,22)/t12-/m0/s1. The number of carbonyl (C=O) groups excluding carboxylic acids is 3. The number of thioether (sulfide) groups is 1. The second-order valence-electron chi connectivity index (χ2n) is 5.74. The zero-order valence-corrected chi connectivity index (χ0v) is 17.0. The minimum atomic E-state index is -0.665. The molecule has 0 fully saturated rings. The maximum atomic E-state index is 11.7. The average molecular weight is 410 g/mol. The number of carbonyl (C=O) groups is 3. The van der Waals surface area contributed by atoms with Crippen LogP contribution < -0.4 is 10.6 Å². The first kappa shape index (κ1) is 21.2. The lowest BCUT2D eigenvalue weighted by molar-refractivity contribution is -0.148. The van der Waals surface area contributed by atoms with E-state index < -0.39 is 17.9 Å². The van der Waals surface area contributed by atoms with E-state index in [2.05, 4.69) is 15.6 Å². The van der Waals surface area contributed by atoms with Gasteiger partial charge in [-0.15, -0.1) is 11.3 Å². The van der Waals surface area contributed by atoms with E-state index in [1.807, 2.05) is 24.3 Å². The number of hydrogen-bond acceptors (Lipinski definition) is 7. The zero-order chi connectivity index (χ0) is 19.6. The summed E-state index contributed by atoms with van der Waals surface area (Å²) in [5.41, 5.74) is 0.984. The van der Waals surface area contributed by atoms with E-state index in [9.17, 15) is 14.4 Å². The molecule has 0 spiro atoms. The molecular weight excluding hydrogens is 386 g/mol. The first-order valence-electron chi connectivity index (χ1n) is 8.70. The maximum Gasteiger partial charge on any atom is 0.306 e. The SMILES string of the molecule is CCNC(=O)[C@H](C)NC(=O)COC(=O)CCCSc1nc2ccccc2s1. The number of ether oxygens (including phenoxy) is 1. The second kappa shape index (κ2) is 10.9. The van der Waals surface area contributed by atoms with Crippen molar-refractivity contribution < 1.29 is 19.1 Å². The predicted molar refractivity (Wildman–Crippen MR) is 107 cm³/mol. The Balaban J connectivity index is 1.60. The highest BCUT2D eigenvalue weighted by molar-refractivity contribution is 8.01. The van der Waals surface area contributed by atoms with Gasteiger partial charge in [-0.2, -0.15) is 0 Å². The van der Waals surface area contributed by atoms with Gasteiger partial charge in [0.15, 0.2) is 10.9 Å². The number of nitrogens with zero attached hydrogens (tertiary/aromatic N) is 1. The van der Waals surface area contributed by atoms with Crippen LogP contribution in [0, 0.1) is 0 Å². The Morgan fingerprint density at radius 2 is 2.07 bits per heavy atom. The van der Waals surface area contributed by atoms with Crippen molar-refractivity contribution in [1.29, 1.82) is 0 Å². The van der Waals surface area contributed by atoms with Crippen molar-refractivity contribution in [3.05, 3.63) is 24.3 Å². The van der Waals surface area contributed by atoms with Crippen LogP contribution in [0.5, 0.6) is 0 Å². The minimum Gasteiger partial charge on any atom is -0.456 e. The van der Waals surface area contributed by atoms with Crippen LogP contribution in [-0.4, -0.2) is 47.7 Å². The smallest absolute Gasteiger partial charge is 0.306 e. The summed E-state index contributed by atoms with van der Waals surface area (Å²) in [6.45, 7) is 3.48. The Hall–Kier alpha value is -2.13. The molecule has 2 rings (SSSR count). The van der Waals surface area contributed by atoms with E-state index in [1.54, 1.807) is 36.9 Å². The third-order valence-corrected chi connectivity index (χ3v) is 5.78. The van der Waals surface area contributed by atoms with Gasteiger partial charge in [-0.25, -0.2) is 4.98 Å². The summed E-state index contributed by atoms with van der Waals surface area (Å²) in [5, 5.41) is 5.09. The lowest BCUT2D eigenvalue weighted by Gasteiger charge is -2.13. The molecule has 27 heavy (non-hydrogen) atoms. The van der Waals surface area contributed by atoms with Crippen LogP contribution in [0.25, 0.3) is 10.2 Å². The lowest BCUT2D eigenvalue weighted by atomic mass is 10.3. The average Bonchev–Trinajstić information content (AvgIpc) is 3.06. The quantitative estimate of drug-likeness (QED) is 0.355. The maximum absolute atomic E-state index is 11.7. The summed E-state index contributed by atoms with van der Waals surface area (Å²) < 4.78 is 7.06. The molecule has 0 saturated carbocycles. The Morgan fingerprint density at radius 1 is 1.30 bits per heavy atom. The van der Waals surface area contributed by atoms with Gasteiger partial charge in [-0.3, -0.25) is 14.4 Å². The highest BCUT2D eigenvalue weighted by atomic mass is 32.2. The molecule has 9 heteroatoms. The Morgan fingerprint density at radius 3 is 2.81 bits per heavy atom. The number of rotatable bonds is 10. The molecule has 0 radical (unpaired) electrons. The van der Waals surface area contributed by atoms with Gasteiger partial charge in [0.25, 0.3) is 5.91 Å². The van der Waals surface area contributed by atoms with Crippen LogP contribution in [0.1, 0.15) is 26.7 Å². The number of likely N-dealkylation sites (N-methyl/N-ethyl adjacent to an activating group) is 1. The molecule has 1 atom stereocenters. The number of para-hydroxylation sites is 1. The van der Waals surface area contributed by atoms with E-state index in [0.717, 1.165) is 20.3 Å². The van der Waals surface area contributed by atoms with Gasteiger partial charge in [0.2, 0.25) is 5.91 Å². The lowest BCUT2D eigenvalue weighted by Crippen LogP contribution is -2.46. The first-order valence-corrected chi connectivity index (χ1v) is 10.5. The fourth-order valence-corrected chi connectivity index (χ4v) is 4.26. The van der Waals surface area contributed by atoms with E-state index in [0.29, 0.717) is 13.0 Å². The second-order valence-corrected chi connectivity index (χ2v) is 8.12. The third kappa shape index (κ3) is 7.18. The third-order valence-electron chi connectivity index (χ3n) is 3.51. The molecule has 0 unspecified atom stereocenters. The van der Waals surface area contributed by atoms with E-state index in [4.69, 9.17) is 4.74 Å². The van der Waals surface area contributed by atoms with Gasteiger partial charge in [-0.05, 0) is 32.4 Å². The number of benzene rings is 1. The Labute approximate surface area is 166 Å². The molecule has 2 aromatic rings. The molecule has 0 saturated heterocycles. The fourth-order valence-electron chi connectivity index (χ4n) is 2.18. The van der Waals surface area contributed by atoms with Crippen molar-refractivity contribution in [3.8, 4) is 0 Å². The molecule has 2 N–H and O–H groups in total.